The number of likely N-dealkylation sites (N-methyl/N-ethyl adjacent to an activating group) is 4. The third kappa shape index (κ3) is 25.7. The Balaban J connectivity index is -0.0000000515. The number of hydrogen-bond acceptors (Lipinski definition) is 5. The molecule has 0 aromatic rings. The summed E-state index contributed by atoms with van der Waals surface area (Å²) in [4.78, 5) is 19.0. The third-order valence-electron chi connectivity index (χ3n) is 3.37. The second-order valence-corrected chi connectivity index (χ2v) is 5.77. The van der Waals surface area contributed by atoms with Gasteiger partial charge in [-0.1, -0.05) is 28.7 Å². The Bertz CT molecular complexity index is 253. The van der Waals surface area contributed by atoms with Gasteiger partial charge in [0.15, 0.2) is 0 Å². The number of carbonyl (C=O) groups excluding carboxylic acids is 1. The van der Waals surface area contributed by atoms with Crippen LogP contribution in [0.25, 0.3) is 0 Å². The molecule has 0 spiro atoms. The van der Waals surface area contributed by atoms with Crippen molar-refractivity contribution in [3.8, 4) is 0 Å². The van der Waals surface area contributed by atoms with Gasteiger partial charge in [-0.15, -0.1) is 0 Å². The van der Waals surface area contributed by atoms with E-state index in [9.17, 15) is 4.79 Å². The first-order valence-electron chi connectivity index (χ1n) is 7.68. The van der Waals surface area contributed by atoms with Crippen LogP contribution in [0.1, 0.15) is 42.5 Å². The van der Waals surface area contributed by atoms with Gasteiger partial charge in [0.2, 0.25) is 0 Å². The van der Waals surface area contributed by atoms with Crippen molar-refractivity contribution < 1.29 is 81.0 Å². The molecule has 0 aliphatic carbocycles. The van der Waals surface area contributed by atoms with Gasteiger partial charge in [0, 0.05) is 26.2 Å². The van der Waals surface area contributed by atoms with E-state index in [1.54, 1.807) is 0 Å². The van der Waals surface area contributed by atoms with Crippen LogP contribution in [0.5, 0.6) is 0 Å². The Hall–Kier alpha value is 1.73. The average molecular weight is 429 g/mol. The van der Waals surface area contributed by atoms with E-state index in [-0.39, 0.29) is 96.8 Å². The van der Waals surface area contributed by atoms with Gasteiger partial charge in [-0.2, -0.15) is 0 Å². The molecule has 0 aromatic carbocycles. The molecule has 2 heterocycles. The van der Waals surface area contributed by atoms with Crippen LogP contribution in [0.3, 0.4) is 0 Å². The topological polar surface area (TPSA) is 30.0 Å². The van der Waals surface area contributed by atoms with Crippen LogP contribution in [0.4, 0.5) is 0 Å². The fraction of sp³-hybridized carbons (Fsp3) is 0.941. The number of carbonyl (C=O) groups is 1. The fourth-order valence-electron chi connectivity index (χ4n) is 2.11. The molecule has 8 heteroatoms. The molecule has 0 amide bonds. The van der Waals surface area contributed by atoms with Crippen LogP contribution in [-0.2, 0) is 4.79 Å². The number of nitrogens with zero attached hydrogens (tertiary/aromatic N) is 4. The first kappa shape index (κ1) is 41.2. The standard InChI is InChI=1S/2C6H14N2.C3H6O.2CH4.2ClH.K/c2*1-3-8-5-4-7(2)6-8;1-3(2)4;;;;;/h2*3-6H2,1-2H3;1-2H3;2*1H4;2*1H;/q;;;;;;;+1/p-2. The maximum atomic E-state index is 9.44. The van der Waals surface area contributed by atoms with E-state index in [0.717, 1.165) is 13.3 Å². The van der Waals surface area contributed by atoms with Gasteiger partial charge in [0.1, 0.15) is 5.78 Å². The Morgan fingerprint density at radius 2 is 1.00 bits per heavy atom. The molecule has 2 rings (SSSR count). The molecular formula is C17H42Cl2KN4O-. The number of halogens is 2. The molecule has 2 aliphatic rings. The van der Waals surface area contributed by atoms with Gasteiger partial charge in [-0.05, 0) is 41.0 Å². The second kappa shape index (κ2) is 25.7. The van der Waals surface area contributed by atoms with E-state index in [4.69, 9.17) is 0 Å². The van der Waals surface area contributed by atoms with Crippen LogP contribution in [0.2, 0.25) is 0 Å². The van der Waals surface area contributed by atoms with Gasteiger partial charge < -0.3 is 29.6 Å². The van der Waals surface area contributed by atoms with E-state index in [1.165, 1.54) is 53.1 Å². The Labute approximate surface area is 213 Å². The summed E-state index contributed by atoms with van der Waals surface area (Å²) in [6.07, 6.45) is 0. The van der Waals surface area contributed by atoms with Gasteiger partial charge in [-0.3, -0.25) is 19.6 Å². The average Bonchev–Trinajstić information content (AvgIpc) is 2.97. The number of rotatable bonds is 2. The predicted octanol–water partition coefficient (Wildman–Crippen LogP) is -6.70. The first-order valence-corrected chi connectivity index (χ1v) is 7.68. The van der Waals surface area contributed by atoms with Crippen molar-refractivity contribution >= 4 is 5.78 Å². The Morgan fingerprint density at radius 1 is 0.760 bits per heavy atom. The minimum absolute atomic E-state index is 0. The Morgan fingerprint density at radius 3 is 1.08 bits per heavy atom. The summed E-state index contributed by atoms with van der Waals surface area (Å²) in [5.41, 5.74) is 0. The SMILES string of the molecule is C.C.CC(C)=O.CCN1CCN(C)C1.CCN1CCN(C)C1.[Cl-].[Cl-].[K+]. The molecule has 0 aromatic heterocycles. The van der Waals surface area contributed by atoms with Crippen molar-refractivity contribution in [3.05, 3.63) is 0 Å². The molecule has 0 radical (unpaired) electrons. The molecule has 0 saturated carbocycles. The normalized spacial score (nSPS) is 16.9. The van der Waals surface area contributed by atoms with Crippen molar-refractivity contribution in [3.63, 3.8) is 0 Å². The van der Waals surface area contributed by atoms with E-state index in [1.807, 2.05) is 0 Å². The summed E-state index contributed by atoms with van der Waals surface area (Å²) >= 11 is 0. The second-order valence-electron chi connectivity index (χ2n) is 5.77. The van der Waals surface area contributed by atoms with Crippen LogP contribution in [0.15, 0.2) is 0 Å². The number of Topliss-reactive ketones (excluding diaryl/α,β-unsaturated/α-hetero) is 1. The predicted molar refractivity (Wildman–Crippen MR) is 99.3 cm³/mol. The van der Waals surface area contributed by atoms with Crippen LogP contribution >= 0.6 is 0 Å². The van der Waals surface area contributed by atoms with Crippen molar-refractivity contribution in [2.75, 3.05) is 66.7 Å². The van der Waals surface area contributed by atoms with E-state index in [2.05, 4.69) is 47.5 Å². The Kier molecular flexibility index (Phi) is 42.4. The zero-order valence-corrected chi connectivity index (χ0v) is 20.7. The van der Waals surface area contributed by atoms with Gasteiger partial charge in [-0.25, -0.2) is 0 Å². The van der Waals surface area contributed by atoms with Crippen molar-refractivity contribution in [1.82, 2.24) is 19.6 Å². The van der Waals surface area contributed by atoms with E-state index < -0.39 is 0 Å². The minimum atomic E-state index is 0. The number of hydrogen-bond donors (Lipinski definition) is 0. The van der Waals surface area contributed by atoms with Crippen LogP contribution in [-0.4, -0.2) is 92.1 Å². The molecule has 0 unspecified atom stereocenters. The molecule has 25 heavy (non-hydrogen) atoms. The monoisotopic (exact) mass is 427 g/mol. The number of ketones is 1. The summed E-state index contributed by atoms with van der Waals surface area (Å²) in [6.45, 7) is 17.2. The minimum Gasteiger partial charge on any atom is -1.00 e. The largest absolute Gasteiger partial charge is 1.00 e. The van der Waals surface area contributed by atoms with Crippen molar-refractivity contribution in [2.24, 2.45) is 0 Å². The molecule has 2 fully saturated rings. The van der Waals surface area contributed by atoms with Crippen LogP contribution < -0.4 is 76.2 Å². The maximum absolute atomic E-state index is 9.44. The van der Waals surface area contributed by atoms with Crippen molar-refractivity contribution in [2.45, 2.75) is 42.5 Å². The zero-order valence-electron chi connectivity index (χ0n) is 16.1. The van der Waals surface area contributed by atoms with Gasteiger partial charge in [0.25, 0.3) is 0 Å². The maximum Gasteiger partial charge on any atom is 1.00 e. The van der Waals surface area contributed by atoms with E-state index >= 15 is 0 Å². The molecular weight excluding hydrogens is 386 g/mol. The summed E-state index contributed by atoms with van der Waals surface area (Å²) in [7, 11) is 4.32. The summed E-state index contributed by atoms with van der Waals surface area (Å²) in [5.74, 6) is 0.167. The fourth-order valence-corrected chi connectivity index (χ4v) is 2.11. The third-order valence-corrected chi connectivity index (χ3v) is 3.37. The van der Waals surface area contributed by atoms with Gasteiger partial charge >= 0.3 is 51.4 Å². The zero-order chi connectivity index (χ0) is 15.5. The molecule has 152 valence electrons. The molecule has 2 saturated heterocycles. The molecule has 0 N–H and O–H groups in total. The molecule has 5 nitrogen and oxygen atoms in total. The summed E-state index contributed by atoms with van der Waals surface area (Å²) in [6, 6.07) is 0. The van der Waals surface area contributed by atoms with Crippen LogP contribution in [0, 0.1) is 0 Å². The van der Waals surface area contributed by atoms with Crippen molar-refractivity contribution in [1.29, 1.82) is 0 Å². The summed E-state index contributed by atoms with van der Waals surface area (Å²) < 4.78 is 0. The molecule has 2 aliphatic heterocycles. The molecule has 0 atom stereocenters. The van der Waals surface area contributed by atoms with E-state index in [0.29, 0.717) is 0 Å². The van der Waals surface area contributed by atoms with Gasteiger partial charge in [0.05, 0.1) is 13.3 Å². The quantitative estimate of drug-likeness (QED) is 0.408. The molecule has 0 bridgehead atoms. The first-order chi connectivity index (χ1) is 9.38. The summed E-state index contributed by atoms with van der Waals surface area (Å²) in [5, 5.41) is 0. The smallest absolute Gasteiger partial charge is 1.00 e.